The van der Waals surface area contributed by atoms with Gasteiger partial charge >= 0.3 is 0 Å². The van der Waals surface area contributed by atoms with Crippen LogP contribution in [0, 0.1) is 6.92 Å². The summed E-state index contributed by atoms with van der Waals surface area (Å²) >= 11 is 0. The Morgan fingerprint density at radius 3 is 2.38 bits per heavy atom. The van der Waals surface area contributed by atoms with Crippen molar-refractivity contribution in [2.75, 3.05) is 7.11 Å². The van der Waals surface area contributed by atoms with E-state index >= 15 is 0 Å². The van der Waals surface area contributed by atoms with Crippen molar-refractivity contribution in [2.24, 2.45) is 0 Å². The molecule has 0 unspecified atom stereocenters. The number of rotatable bonds is 7. The maximum absolute atomic E-state index is 12.5. The smallest absolute Gasteiger partial charge is 0.261 e. The third kappa shape index (κ3) is 4.51. The zero-order valence-electron chi connectivity index (χ0n) is 14.7. The molecule has 2 aromatic carbocycles. The maximum Gasteiger partial charge on any atom is 0.261 e. The molecule has 1 amide bonds. The molecule has 128 valence electrons. The minimum atomic E-state index is -0.557. The summed E-state index contributed by atoms with van der Waals surface area (Å²) in [6, 6.07) is 15.4. The van der Waals surface area contributed by atoms with E-state index in [0.29, 0.717) is 0 Å². The maximum atomic E-state index is 12.5. The highest BCUT2D eigenvalue weighted by molar-refractivity contribution is 5.81. The lowest BCUT2D eigenvalue weighted by atomic mass is 10.0. The number of aryl methyl sites for hydroxylation is 1. The first kappa shape index (κ1) is 17.9. The minimum Gasteiger partial charge on any atom is -0.497 e. The third-order valence-electron chi connectivity index (χ3n) is 4.01. The van der Waals surface area contributed by atoms with Crippen LogP contribution in [0.3, 0.4) is 0 Å². The third-order valence-corrected chi connectivity index (χ3v) is 4.01. The monoisotopic (exact) mass is 327 g/mol. The molecule has 0 aromatic heterocycles. The Bertz CT molecular complexity index is 667. The van der Waals surface area contributed by atoms with Gasteiger partial charge in [0.25, 0.3) is 5.91 Å². The molecule has 2 atom stereocenters. The molecule has 0 aliphatic heterocycles. The minimum absolute atomic E-state index is 0.0497. The zero-order chi connectivity index (χ0) is 17.5. The topological polar surface area (TPSA) is 47.6 Å². The van der Waals surface area contributed by atoms with Crippen molar-refractivity contribution < 1.29 is 14.3 Å². The lowest BCUT2D eigenvalue weighted by Crippen LogP contribution is -2.38. The number of hydrogen-bond donors (Lipinski definition) is 1. The van der Waals surface area contributed by atoms with E-state index in [-0.39, 0.29) is 11.9 Å². The van der Waals surface area contributed by atoms with Crippen molar-refractivity contribution in [3.8, 4) is 11.5 Å². The summed E-state index contributed by atoms with van der Waals surface area (Å²) in [4.78, 5) is 12.5. The number of benzene rings is 2. The fraction of sp³-hybridized carbons (Fsp3) is 0.350. The molecule has 0 saturated heterocycles. The fourth-order valence-electron chi connectivity index (χ4n) is 2.48. The first-order chi connectivity index (χ1) is 11.5. The molecule has 0 fully saturated rings. The largest absolute Gasteiger partial charge is 0.497 e. The number of amides is 1. The number of nitrogens with one attached hydrogen (secondary N) is 1. The lowest BCUT2D eigenvalue weighted by Gasteiger charge is -2.21. The quantitative estimate of drug-likeness (QED) is 0.835. The Balaban J connectivity index is 2.01. The summed E-state index contributed by atoms with van der Waals surface area (Å²) in [5.41, 5.74) is 2.06. The predicted molar refractivity (Wildman–Crippen MR) is 95.4 cm³/mol. The Morgan fingerprint density at radius 2 is 1.79 bits per heavy atom. The molecule has 0 aliphatic rings. The molecule has 1 N–H and O–H groups in total. The highest BCUT2D eigenvalue weighted by Crippen LogP contribution is 2.21. The van der Waals surface area contributed by atoms with E-state index in [4.69, 9.17) is 9.47 Å². The van der Waals surface area contributed by atoms with E-state index in [1.165, 1.54) is 0 Å². The van der Waals surface area contributed by atoms with Crippen LogP contribution >= 0.6 is 0 Å². The number of hydrogen-bond acceptors (Lipinski definition) is 3. The van der Waals surface area contributed by atoms with E-state index in [2.05, 4.69) is 5.32 Å². The summed E-state index contributed by atoms with van der Waals surface area (Å²) < 4.78 is 11.0. The van der Waals surface area contributed by atoms with Gasteiger partial charge in [0.05, 0.1) is 13.2 Å². The van der Waals surface area contributed by atoms with Crippen molar-refractivity contribution in [3.63, 3.8) is 0 Å². The van der Waals surface area contributed by atoms with Gasteiger partial charge in [-0.1, -0.05) is 37.3 Å². The summed E-state index contributed by atoms with van der Waals surface area (Å²) in [5, 5.41) is 3.06. The van der Waals surface area contributed by atoms with E-state index in [1.54, 1.807) is 14.0 Å². The van der Waals surface area contributed by atoms with Gasteiger partial charge in [-0.05, 0) is 49.6 Å². The van der Waals surface area contributed by atoms with Crippen molar-refractivity contribution in [3.05, 3.63) is 59.7 Å². The lowest BCUT2D eigenvalue weighted by molar-refractivity contribution is -0.128. The van der Waals surface area contributed by atoms with E-state index in [9.17, 15) is 4.79 Å². The fourth-order valence-corrected chi connectivity index (χ4v) is 2.48. The number of para-hydroxylation sites is 1. The summed E-state index contributed by atoms with van der Waals surface area (Å²) in [6.45, 7) is 5.77. The van der Waals surface area contributed by atoms with Crippen molar-refractivity contribution in [1.82, 2.24) is 5.32 Å². The Labute approximate surface area is 143 Å². The summed E-state index contributed by atoms with van der Waals surface area (Å²) in [5.74, 6) is 1.41. The molecule has 0 radical (unpaired) electrons. The number of carbonyl (C=O) groups excluding carboxylic acids is 1. The summed E-state index contributed by atoms with van der Waals surface area (Å²) in [7, 11) is 1.64. The molecule has 2 rings (SSSR count). The van der Waals surface area contributed by atoms with E-state index < -0.39 is 6.10 Å². The average Bonchev–Trinajstić information content (AvgIpc) is 2.61. The van der Waals surface area contributed by atoms with Crippen LogP contribution in [0.2, 0.25) is 0 Å². The second kappa shape index (κ2) is 8.39. The summed E-state index contributed by atoms with van der Waals surface area (Å²) in [6.07, 6.45) is 0.244. The van der Waals surface area contributed by atoms with Crippen LogP contribution in [-0.4, -0.2) is 19.1 Å². The second-order valence-electron chi connectivity index (χ2n) is 5.77. The number of methoxy groups -OCH3 is 1. The van der Waals surface area contributed by atoms with Gasteiger partial charge in [-0.15, -0.1) is 0 Å². The highest BCUT2D eigenvalue weighted by Gasteiger charge is 2.19. The molecule has 0 saturated carbocycles. The molecule has 2 aromatic rings. The predicted octanol–water partition coefficient (Wildman–Crippen LogP) is 4.04. The van der Waals surface area contributed by atoms with Gasteiger partial charge in [0.1, 0.15) is 11.5 Å². The van der Waals surface area contributed by atoms with Crippen molar-refractivity contribution >= 4 is 5.91 Å². The van der Waals surface area contributed by atoms with Crippen LogP contribution in [0.4, 0.5) is 0 Å². The van der Waals surface area contributed by atoms with Gasteiger partial charge in [-0.2, -0.15) is 0 Å². The molecule has 24 heavy (non-hydrogen) atoms. The first-order valence-corrected chi connectivity index (χ1v) is 8.21. The van der Waals surface area contributed by atoms with Gasteiger partial charge in [0.2, 0.25) is 0 Å². The van der Waals surface area contributed by atoms with Crippen molar-refractivity contribution in [1.29, 1.82) is 0 Å². The average molecular weight is 327 g/mol. The molecule has 4 heteroatoms. The SMILES string of the molecule is CC[C@H](NC(=O)[C@@H](C)Oc1ccccc1C)c1ccc(OC)cc1. The van der Waals surface area contributed by atoms with Gasteiger partial charge in [-0.3, -0.25) is 4.79 Å². The zero-order valence-corrected chi connectivity index (χ0v) is 14.7. The highest BCUT2D eigenvalue weighted by atomic mass is 16.5. The van der Waals surface area contributed by atoms with Crippen LogP contribution in [0.5, 0.6) is 11.5 Å². The van der Waals surface area contributed by atoms with Gasteiger partial charge in [0.15, 0.2) is 6.10 Å². The molecule has 4 nitrogen and oxygen atoms in total. The molecule has 0 bridgehead atoms. The normalized spacial score (nSPS) is 13.0. The molecule has 0 spiro atoms. The molecule has 0 aliphatic carbocycles. The van der Waals surface area contributed by atoms with Gasteiger partial charge in [-0.25, -0.2) is 0 Å². The Kier molecular flexibility index (Phi) is 6.24. The van der Waals surface area contributed by atoms with Gasteiger partial charge in [0, 0.05) is 0 Å². The van der Waals surface area contributed by atoms with Gasteiger partial charge < -0.3 is 14.8 Å². The molecule has 0 heterocycles. The first-order valence-electron chi connectivity index (χ1n) is 8.21. The van der Waals surface area contributed by atoms with Crippen LogP contribution in [0.15, 0.2) is 48.5 Å². The van der Waals surface area contributed by atoms with Crippen LogP contribution in [-0.2, 0) is 4.79 Å². The van der Waals surface area contributed by atoms with E-state index in [0.717, 1.165) is 29.0 Å². The van der Waals surface area contributed by atoms with Crippen LogP contribution < -0.4 is 14.8 Å². The van der Waals surface area contributed by atoms with E-state index in [1.807, 2.05) is 62.4 Å². The number of carbonyl (C=O) groups is 1. The van der Waals surface area contributed by atoms with Crippen LogP contribution in [0.25, 0.3) is 0 Å². The second-order valence-corrected chi connectivity index (χ2v) is 5.77. The van der Waals surface area contributed by atoms with Crippen LogP contribution in [0.1, 0.15) is 37.4 Å². The standard InChI is InChI=1S/C20H25NO3/c1-5-18(16-10-12-17(23-4)13-11-16)21-20(22)15(3)24-19-9-7-6-8-14(19)2/h6-13,15,18H,5H2,1-4H3,(H,21,22)/t15-,18+/m1/s1. The Hall–Kier alpha value is -2.49. The molecular weight excluding hydrogens is 302 g/mol. The Morgan fingerprint density at radius 1 is 1.12 bits per heavy atom. The number of ether oxygens (including phenoxy) is 2. The molecular formula is C20H25NO3. The van der Waals surface area contributed by atoms with Crippen molar-refractivity contribution in [2.45, 2.75) is 39.3 Å².